The molecule has 27 heavy (non-hydrogen) atoms. The molecule has 2 amide bonds. The molecule has 0 bridgehead atoms. The number of likely N-dealkylation sites (tertiary alicyclic amines) is 1. The second kappa shape index (κ2) is 8.25. The number of urea groups is 1. The first kappa shape index (κ1) is 19.6. The summed E-state index contributed by atoms with van der Waals surface area (Å²) < 4.78 is 13.1. The van der Waals surface area contributed by atoms with E-state index in [1.165, 1.54) is 12.1 Å². The van der Waals surface area contributed by atoms with Crippen molar-refractivity contribution < 1.29 is 24.2 Å². The Balaban J connectivity index is 1.53. The van der Waals surface area contributed by atoms with Crippen LogP contribution >= 0.6 is 0 Å². The topological polar surface area (TPSA) is 89.9 Å². The average Bonchev–Trinajstić information content (AvgIpc) is 3.09. The van der Waals surface area contributed by atoms with Gasteiger partial charge in [-0.3, -0.25) is 4.79 Å². The Kier molecular flexibility index (Phi) is 5.99. The molecule has 0 spiro atoms. The summed E-state index contributed by atoms with van der Waals surface area (Å²) in [5.74, 6) is -1.35. The molecule has 2 fully saturated rings. The SMILES string of the molecule is O=C(O)C1CCC(NC(=O)N2CCC(CO)(Cc3ccc(F)cc3)C2)CC1. The van der Waals surface area contributed by atoms with E-state index in [0.717, 1.165) is 5.56 Å². The third-order valence-electron chi connectivity index (χ3n) is 5.96. The van der Waals surface area contributed by atoms with E-state index < -0.39 is 11.4 Å². The summed E-state index contributed by atoms with van der Waals surface area (Å²) in [6, 6.07) is 6.12. The molecule has 1 saturated heterocycles. The molecule has 7 heteroatoms. The normalized spacial score (nSPS) is 28.1. The molecule has 1 saturated carbocycles. The zero-order valence-corrected chi connectivity index (χ0v) is 15.4. The first-order valence-electron chi connectivity index (χ1n) is 9.54. The quantitative estimate of drug-likeness (QED) is 0.734. The van der Waals surface area contributed by atoms with Crippen molar-refractivity contribution >= 4 is 12.0 Å². The van der Waals surface area contributed by atoms with Gasteiger partial charge in [-0.2, -0.15) is 0 Å². The van der Waals surface area contributed by atoms with Gasteiger partial charge in [0.1, 0.15) is 5.82 Å². The number of nitrogens with zero attached hydrogens (tertiary/aromatic N) is 1. The third-order valence-corrected chi connectivity index (χ3v) is 5.96. The summed E-state index contributed by atoms with van der Waals surface area (Å²) in [5, 5.41) is 22.0. The lowest BCUT2D eigenvalue weighted by molar-refractivity contribution is -0.142. The van der Waals surface area contributed by atoms with Gasteiger partial charge in [-0.05, 0) is 56.2 Å². The fourth-order valence-corrected chi connectivity index (χ4v) is 4.22. The molecular formula is C20H27FN2O4. The van der Waals surface area contributed by atoms with Crippen molar-refractivity contribution in [1.29, 1.82) is 0 Å². The zero-order chi connectivity index (χ0) is 19.4. The van der Waals surface area contributed by atoms with Crippen molar-refractivity contribution in [3.63, 3.8) is 0 Å². The number of aliphatic hydroxyl groups is 1. The molecule has 1 unspecified atom stereocenters. The highest BCUT2D eigenvalue weighted by Gasteiger charge is 2.40. The lowest BCUT2D eigenvalue weighted by Gasteiger charge is -2.30. The molecule has 0 radical (unpaired) electrons. The van der Waals surface area contributed by atoms with E-state index in [2.05, 4.69) is 5.32 Å². The predicted molar refractivity (Wildman–Crippen MR) is 97.7 cm³/mol. The number of halogens is 1. The maximum absolute atomic E-state index is 13.1. The van der Waals surface area contributed by atoms with Gasteiger partial charge in [0.15, 0.2) is 0 Å². The highest BCUT2D eigenvalue weighted by atomic mass is 19.1. The molecule has 0 aromatic heterocycles. The third kappa shape index (κ3) is 4.77. The second-order valence-electron chi connectivity index (χ2n) is 7.97. The first-order valence-corrected chi connectivity index (χ1v) is 9.54. The summed E-state index contributed by atoms with van der Waals surface area (Å²) >= 11 is 0. The molecule has 148 valence electrons. The number of hydrogen-bond donors (Lipinski definition) is 3. The summed E-state index contributed by atoms with van der Waals surface area (Å²) in [5.41, 5.74) is 0.538. The zero-order valence-electron chi connectivity index (χ0n) is 15.4. The van der Waals surface area contributed by atoms with Crippen molar-refractivity contribution in [2.45, 2.75) is 44.6 Å². The van der Waals surface area contributed by atoms with Crippen LogP contribution in [-0.4, -0.2) is 52.9 Å². The van der Waals surface area contributed by atoms with Crippen LogP contribution in [0.5, 0.6) is 0 Å². The molecule has 1 heterocycles. The number of rotatable bonds is 5. The van der Waals surface area contributed by atoms with Crippen molar-refractivity contribution in [2.24, 2.45) is 11.3 Å². The fourth-order valence-electron chi connectivity index (χ4n) is 4.22. The lowest BCUT2D eigenvalue weighted by atomic mass is 9.81. The van der Waals surface area contributed by atoms with Crippen LogP contribution in [0.2, 0.25) is 0 Å². The Morgan fingerprint density at radius 3 is 2.44 bits per heavy atom. The molecule has 1 aromatic carbocycles. The lowest BCUT2D eigenvalue weighted by Crippen LogP contribution is -2.46. The summed E-state index contributed by atoms with van der Waals surface area (Å²) in [7, 11) is 0. The Bertz CT molecular complexity index is 673. The molecule has 1 atom stereocenters. The van der Waals surface area contributed by atoms with E-state index in [1.807, 2.05) is 0 Å². The average molecular weight is 378 g/mol. The first-order chi connectivity index (χ1) is 12.9. The standard InChI is InChI=1S/C20H27FN2O4/c21-16-5-1-14(2-6-16)11-20(13-24)9-10-23(12-20)19(27)22-17-7-3-15(4-8-17)18(25)26/h1-2,5-6,15,17,24H,3-4,7-13H2,(H,22,27)(H,25,26). The van der Waals surface area contributed by atoms with Gasteiger partial charge in [-0.15, -0.1) is 0 Å². The van der Waals surface area contributed by atoms with Crippen LogP contribution in [0, 0.1) is 17.2 Å². The van der Waals surface area contributed by atoms with Crippen LogP contribution in [0.3, 0.4) is 0 Å². The molecule has 1 aliphatic carbocycles. The molecular weight excluding hydrogens is 351 g/mol. The van der Waals surface area contributed by atoms with Gasteiger partial charge in [0, 0.05) is 24.5 Å². The van der Waals surface area contributed by atoms with E-state index in [1.54, 1.807) is 17.0 Å². The molecule has 1 aromatic rings. The minimum atomic E-state index is -0.757. The molecule has 1 aliphatic heterocycles. The molecule has 3 rings (SSSR count). The number of aliphatic hydroxyl groups excluding tert-OH is 1. The van der Waals surface area contributed by atoms with Crippen LogP contribution in [-0.2, 0) is 11.2 Å². The number of carbonyl (C=O) groups excluding carboxylic acids is 1. The monoisotopic (exact) mass is 378 g/mol. The number of benzene rings is 1. The van der Waals surface area contributed by atoms with Crippen LogP contribution in [0.1, 0.15) is 37.7 Å². The van der Waals surface area contributed by atoms with Crippen LogP contribution in [0.4, 0.5) is 9.18 Å². The number of carboxylic acid groups (broad SMARTS) is 1. The van der Waals surface area contributed by atoms with Gasteiger partial charge in [0.2, 0.25) is 0 Å². The largest absolute Gasteiger partial charge is 0.481 e. The van der Waals surface area contributed by atoms with Gasteiger partial charge >= 0.3 is 12.0 Å². The van der Waals surface area contributed by atoms with E-state index in [0.29, 0.717) is 51.6 Å². The van der Waals surface area contributed by atoms with Crippen LogP contribution in [0.25, 0.3) is 0 Å². The van der Waals surface area contributed by atoms with Gasteiger partial charge in [0.25, 0.3) is 0 Å². The van der Waals surface area contributed by atoms with Gasteiger partial charge in [-0.25, -0.2) is 9.18 Å². The molecule has 6 nitrogen and oxygen atoms in total. The number of carboxylic acids is 1. The maximum Gasteiger partial charge on any atom is 0.317 e. The maximum atomic E-state index is 13.1. The second-order valence-corrected chi connectivity index (χ2v) is 7.97. The van der Waals surface area contributed by atoms with Gasteiger partial charge in [-0.1, -0.05) is 12.1 Å². The highest BCUT2D eigenvalue weighted by Crippen LogP contribution is 2.34. The predicted octanol–water partition coefficient (Wildman–Crippen LogP) is 2.41. The Hall–Kier alpha value is -2.15. The molecule has 3 N–H and O–H groups in total. The number of carbonyl (C=O) groups is 2. The Morgan fingerprint density at radius 2 is 1.85 bits per heavy atom. The summed E-state index contributed by atoms with van der Waals surface area (Å²) in [6.07, 6.45) is 3.82. The van der Waals surface area contributed by atoms with Gasteiger partial charge in [0.05, 0.1) is 12.5 Å². The van der Waals surface area contributed by atoms with E-state index in [9.17, 15) is 19.1 Å². The number of nitrogens with one attached hydrogen (secondary N) is 1. The fraction of sp³-hybridized carbons (Fsp3) is 0.600. The van der Waals surface area contributed by atoms with Gasteiger partial charge < -0.3 is 20.4 Å². The Labute approximate surface area is 158 Å². The van der Waals surface area contributed by atoms with Crippen molar-refractivity contribution in [2.75, 3.05) is 19.7 Å². The van der Waals surface area contributed by atoms with Crippen molar-refractivity contribution in [3.05, 3.63) is 35.6 Å². The number of hydrogen-bond acceptors (Lipinski definition) is 3. The van der Waals surface area contributed by atoms with E-state index in [4.69, 9.17) is 5.11 Å². The van der Waals surface area contributed by atoms with Crippen LogP contribution in [0.15, 0.2) is 24.3 Å². The number of aliphatic carboxylic acids is 1. The smallest absolute Gasteiger partial charge is 0.317 e. The number of amides is 2. The van der Waals surface area contributed by atoms with Crippen LogP contribution < -0.4 is 5.32 Å². The van der Waals surface area contributed by atoms with Crippen molar-refractivity contribution in [3.8, 4) is 0 Å². The van der Waals surface area contributed by atoms with E-state index in [-0.39, 0.29) is 30.4 Å². The minimum Gasteiger partial charge on any atom is -0.481 e. The summed E-state index contributed by atoms with van der Waals surface area (Å²) in [4.78, 5) is 25.3. The van der Waals surface area contributed by atoms with Crippen molar-refractivity contribution in [1.82, 2.24) is 10.2 Å². The van der Waals surface area contributed by atoms with E-state index >= 15 is 0 Å². The minimum absolute atomic E-state index is 0.00863. The Morgan fingerprint density at radius 1 is 1.19 bits per heavy atom. The highest BCUT2D eigenvalue weighted by molar-refractivity contribution is 5.75. The molecule has 2 aliphatic rings. The summed E-state index contributed by atoms with van der Waals surface area (Å²) in [6.45, 7) is 0.993.